The number of carbonyl (C=O) groups is 2. The lowest BCUT2D eigenvalue weighted by atomic mass is 9.99. The molecule has 1 aromatic rings. The largest absolute Gasteiger partial charge is 0.477 e. The maximum atomic E-state index is 12.4. The number of rotatable bonds is 4. The second-order valence-corrected chi connectivity index (χ2v) is 6.60. The molecule has 110 valence electrons. The average Bonchev–Trinajstić information content (AvgIpc) is 2.89. The van der Waals surface area contributed by atoms with Crippen LogP contribution >= 0.6 is 0 Å². The molecule has 1 saturated heterocycles. The molecule has 0 radical (unpaired) electrons. The van der Waals surface area contributed by atoms with Crippen molar-refractivity contribution in [2.24, 2.45) is 11.7 Å². The Morgan fingerprint density at radius 2 is 2.15 bits per heavy atom. The van der Waals surface area contributed by atoms with E-state index in [2.05, 4.69) is 4.98 Å². The van der Waals surface area contributed by atoms with Gasteiger partial charge >= 0.3 is 5.97 Å². The summed E-state index contributed by atoms with van der Waals surface area (Å²) in [4.78, 5) is 24.2. The summed E-state index contributed by atoms with van der Waals surface area (Å²) in [5, 5.41) is 8.79. The quantitative estimate of drug-likeness (QED) is 0.695. The van der Waals surface area contributed by atoms with Crippen LogP contribution in [0.15, 0.2) is 17.2 Å². The topological polar surface area (TPSA) is 134 Å². The summed E-state index contributed by atoms with van der Waals surface area (Å²) in [5.41, 5.74) is 5.01. The molecule has 9 heteroatoms. The molecule has 1 aliphatic rings. The van der Waals surface area contributed by atoms with E-state index in [0.717, 1.165) is 12.3 Å². The predicted molar refractivity (Wildman–Crippen MR) is 68.4 cm³/mol. The van der Waals surface area contributed by atoms with E-state index in [0.29, 0.717) is 19.4 Å². The van der Waals surface area contributed by atoms with E-state index < -0.39 is 27.8 Å². The standard InChI is InChI=1S/C11H15N3O5S/c12-10(15)7-2-1-3-14(6-7)20(18,19)8-4-9(11(16)17)13-5-8/h4-5,7,13H,1-3,6H2,(H2,12,15)(H,16,17). The number of carboxylic acids is 1. The van der Waals surface area contributed by atoms with Gasteiger partial charge < -0.3 is 15.8 Å². The van der Waals surface area contributed by atoms with Crippen molar-refractivity contribution in [3.63, 3.8) is 0 Å². The molecule has 1 aliphatic heterocycles. The molecule has 2 heterocycles. The van der Waals surface area contributed by atoms with Crippen molar-refractivity contribution < 1.29 is 23.1 Å². The third-order valence-corrected chi connectivity index (χ3v) is 5.15. The zero-order valence-electron chi connectivity index (χ0n) is 10.6. The van der Waals surface area contributed by atoms with Gasteiger partial charge in [-0.15, -0.1) is 0 Å². The van der Waals surface area contributed by atoms with Gasteiger partial charge in [0.2, 0.25) is 15.9 Å². The van der Waals surface area contributed by atoms with Crippen molar-refractivity contribution in [1.82, 2.24) is 9.29 Å². The number of nitrogens with one attached hydrogen (secondary N) is 1. The number of aromatic carboxylic acids is 1. The van der Waals surface area contributed by atoms with Gasteiger partial charge in [0.25, 0.3) is 0 Å². The summed E-state index contributed by atoms with van der Waals surface area (Å²) in [6.45, 7) is 0.324. The lowest BCUT2D eigenvalue weighted by Gasteiger charge is -2.29. The fourth-order valence-corrected chi connectivity index (χ4v) is 3.71. The number of carboxylic acid groups (broad SMARTS) is 1. The van der Waals surface area contributed by atoms with E-state index >= 15 is 0 Å². The number of amides is 1. The number of hydrogen-bond acceptors (Lipinski definition) is 4. The van der Waals surface area contributed by atoms with Gasteiger partial charge in [-0.25, -0.2) is 13.2 Å². The molecule has 0 spiro atoms. The van der Waals surface area contributed by atoms with Crippen LogP contribution in [-0.2, 0) is 14.8 Å². The van der Waals surface area contributed by atoms with Gasteiger partial charge in [0, 0.05) is 19.3 Å². The second-order valence-electron chi connectivity index (χ2n) is 4.66. The fourth-order valence-electron chi connectivity index (χ4n) is 2.19. The normalized spacial score (nSPS) is 20.7. The van der Waals surface area contributed by atoms with Crippen LogP contribution in [0.5, 0.6) is 0 Å². The van der Waals surface area contributed by atoms with Crippen molar-refractivity contribution in [2.75, 3.05) is 13.1 Å². The number of piperidine rings is 1. The molecule has 1 fully saturated rings. The lowest BCUT2D eigenvalue weighted by Crippen LogP contribution is -2.43. The Balaban J connectivity index is 2.25. The number of hydrogen-bond donors (Lipinski definition) is 3. The van der Waals surface area contributed by atoms with Crippen molar-refractivity contribution in [2.45, 2.75) is 17.7 Å². The molecule has 0 bridgehead atoms. The summed E-state index contributed by atoms with van der Waals surface area (Å²) in [5.74, 6) is -2.26. The van der Waals surface area contributed by atoms with Crippen LogP contribution < -0.4 is 5.73 Å². The van der Waals surface area contributed by atoms with Gasteiger partial charge in [0.1, 0.15) is 10.6 Å². The van der Waals surface area contributed by atoms with Crippen LogP contribution in [-0.4, -0.2) is 47.8 Å². The first-order valence-electron chi connectivity index (χ1n) is 6.03. The molecule has 0 aliphatic carbocycles. The van der Waals surface area contributed by atoms with Crippen molar-refractivity contribution in [3.05, 3.63) is 18.0 Å². The van der Waals surface area contributed by atoms with Gasteiger partial charge in [0.05, 0.1) is 5.92 Å². The number of aromatic nitrogens is 1. The van der Waals surface area contributed by atoms with Crippen LogP contribution in [0.4, 0.5) is 0 Å². The number of primary amides is 1. The van der Waals surface area contributed by atoms with E-state index in [9.17, 15) is 18.0 Å². The highest BCUT2D eigenvalue weighted by molar-refractivity contribution is 7.89. The molecule has 1 aromatic heterocycles. The molecular formula is C11H15N3O5S. The molecule has 1 unspecified atom stereocenters. The summed E-state index contributed by atoms with van der Waals surface area (Å²) in [6, 6.07) is 1.06. The van der Waals surface area contributed by atoms with Gasteiger partial charge in [-0.05, 0) is 18.9 Å². The Morgan fingerprint density at radius 1 is 1.45 bits per heavy atom. The zero-order chi connectivity index (χ0) is 14.9. The average molecular weight is 301 g/mol. The number of carbonyl (C=O) groups excluding carboxylic acids is 1. The Hall–Kier alpha value is -1.87. The molecule has 0 aromatic carbocycles. The molecule has 4 N–H and O–H groups in total. The summed E-state index contributed by atoms with van der Waals surface area (Å²) in [7, 11) is -3.81. The SMILES string of the molecule is NC(=O)C1CCCN(S(=O)(=O)c2c[nH]c(C(=O)O)c2)C1. The maximum absolute atomic E-state index is 12.4. The molecular weight excluding hydrogens is 286 g/mol. The van der Waals surface area contributed by atoms with Crippen molar-refractivity contribution in [1.29, 1.82) is 0 Å². The van der Waals surface area contributed by atoms with E-state index in [4.69, 9.17) is 10.8 Å². The van der Waals surface area contributed by atoms with E-state index in [1.807, 2.05) is 0 Å². The van der Waals surface area contributed by atoms with Crippen LogP contribution in [0.1, 0.15) is 23.3 Å². The number of sulfonamides is 1. The van der Waals surface area contributed by atoms with Gasteiger partial charge in [-0.3, -0.25) is 4.79 Å². The van der Waals surface area contributed by atoms with E-state index in [-0.39, 0.29) is 17.1 Å². The molecule has 8 nitrogen and oxygen atoms in total. The smallest absolute Gasteiger partial charge is 0.352 e. The number of nitrogens with two attached hydrogens (primary N) is 1. The summed E-state index contributed by atoms with van der Waals surface area (Å²) < 4.78 is 25.9. The first kappa shape index (κ1) is 14.5. The first-order chi connectivity index (χ1) is 9.32. The maximum Gasteiger partial charge on any atom is 0.352 e. The highest BCUT2D eigenvalue weighted by Crippen LogP contribution is 2.24. The fraction of sp³-hybridized carbons (Fsp3) is 0.455. The van der Waals surface area contributed by atoms with Crippen LogP contribution in [0.2, 0.25) is 0 Å². The Morgan fingerprint density at radius 3 is 2.70 bits per heavy atom. The van der Waals surface area contributed by atoms with Gasteiger partial charge in [-0.1, -0.05) is 0 Å². The molecule has 2 rings (SSSR count). The zero-order valence-corrected chi connectivity index (χ0v) is 11.4. The number of aromatic amines is 1. The third-order valence-electron chi connectivity index (χ3n) is 3.31. The summed E-state index contributed by atoms with van der Waals surface area (Å²) >= 11 is 0. The number of nitrogens with zero attached hydrogens (tertiary/aromatic N) is 1. The lowest BCUT2D eigenvalue weighted by molar-refractivity contribution is -0.122. The highest BCUT2D eigenvalue weighted by atomic mass is 32.2. The predicted octanol–water partition coefficient (Wildman–Crippen LogP) is -0.401. The summed E-state index contributed by atoms with van der Waals surface area (Å²) in [6.07, 6.45) is 2.24. The third kappa shape index (κ3) is 2.68. The Kier molecular flexibility index (Phi) is 3.82. The minimum atomic E-state index is -3.81. The first-order valence-corrected chi connectivity index (χ1v) is 7.47. The Labute approximate surface area is 115 Å². The molecule has 0 saturated carbocycles. The van der Waals surface area contributed by atoms with E-state index in [1.165, 1.54) is 4.31 Å². The van der Waals surface area contributed by atoms with Gasteiger partial charge in [0.15, 0.2) is 0 Å². The molecule has 20 heavy (non-hydrogen) atoms. The second kappa shape index (κ2) is 5.25. The van der Waals surface area contributed by atoms with E-state index in [1.54, 1.807) is 0 Å². The van der Waals surface area contributed by atoms with Crippen LogP contribution in [0.3, 0.4) is 0 Å². The van der Waals surface area contributed by atoms with Gasteiger partial charge in [-0.2, -0.15) is 4.31 Å². The van der Waals surface area contributed by atoms with Crippen LogP contribution in [0.25, 0.3) is 0 Å². The Bertz CT molecular complexity index is 636. The minimum absolute atomic E-state index is 0.0330. The van der Waals surface area contributed by atoms with Crippen molar-refractivity contribution in [3.8, 4) is 0 Å². The minimum Gasteiger partial charge on any atom is -0.477 e. The van der Waals surface area contributed by atoms with Crippen molar-refractivity contribution >= 4 is 21.9 Å². The number of H-pyrrole nitrogens is 1. The molecule has 1 amide bonds. The highest BCUT2D eigenvalue weighted by Gasteiger charge is 2.33. The molecule has 1 atom stereocenters. The monoisotopic (exact) mass is 301 g/mol. The van der Waals surface area contributed by atoms with Crippen LogP contribution in [0, 0.1) is 5.92 Å².